The van der Waals surface area contributed by atoms with Crippen LogP contribution in [-0.4, -0.2) is 68.3 Å². The molecule has 0 spiro atoms. The van der Waals surface area contributed by atoms with Gasteiger partial charge in [-0.05, 0) is 79.8 Å². The van der Waals surface area contributed by atoms with Crippen molar-refractivity contribution in [3.05, 3.63) is 105 Å². The maximum Gasteiger partial charge on any atom is 0.323 e. The van der Waals surface area contributed by atoms with Crippen molar-refractivity contribution < 1.29 is 19.5 Å². The van der Waals surface area contributed by atoms with Crippen LogP contribution in [0.2, 0.25) is 10.0 Å². The number of aromatic nitrogens is 2. The maximum absolute atomic E-state index is 14.5. The summed E-state index contributed by atoms with van der Waals surface area (Å²) in [6.45, 7) is 7.40. The van der Waals surface area contributed by atoms with Gasteiger partial charge in [0.05, 0.1) is 23.9 Å². The van der Waals surface area contributed by atoms with Crippen molar-refractivity contribution in [1.29, 1.82) is 0 Å². The molecule has 1 aliphatic heterocycles. The maximum atomic E-state index is 14.5. The van der Waals surface area contributed by atoms with Crippen molar-refractivity contribution in [2.45, 2.75) is 65.5 Å². The number of unbranched alkanes of at least 4 members (excludes halogenated alkanes) is 2. The molecular weight excluding hydrogens is 663 g/mol. The Morgan fingerprint density at radius 2 is 1.55 bits per heavy atom. The van der Waals surface area contributed by atoms with Gasteiger partial charge in [-0.1, -0.05) is 74.2 Å². The smallest absolute Gasteiger partial charge is 0.323 e. The number of anilines is 2. The molecule has 5 rings (SSSR count). The van der Waals surface area contributed by atoms with Crippen LogP contribution >= 0.6 is 23.2 Å². The lowest BCUT2D eigenvalue weighted by atomic mass is 9.93. The van der Waals surface area contributed by atoms with Crippen LogP contribution in [-0.2, 0) is 13.0 Å². The van der Waals surface area contributed by atoms with E-state index in [1.54, 1.807) is 52.0 Å². The highest BCUT2D eigenvalue weighted by Gasteiger charge is 2.32. The minimum atomic E-state index is -0.563. The van der Waals surface area contributed by atoms with Crippen molar-refractivity contribution in [2.75, 3.05) is 30.3 Å². The molecule has 0 aliphatic carbocycles. The topological polar surface area (TPSA) is 120 Å². The number of rotatable bonds is 12. The summed E-state index contributed by atoms with van der Waals surface area (Å²) in [7, 11) is 0. The van der Waals surface area contributed by atoms with E-state index in [4.69, 9.17) is 28.3 Å². The number of aryl methyl sites for hydroxylation is 1. The second-order valence-corrected chi connectivity index (χ2v) is 13.2. The van der Waals surface area contributed by atoms with E-state index in [2.05, 4.69) is 24.5 Å². The molecule has 4 amide bonds. The predicted molar refractivity (Wildman–Crippen MR) is 194 cm³/mol. The number of urea groups is 1. The largest absolute Gasteiger partial charge is 0.394 e. The molecule has 10 nitrogen and oxygen atoms in total. The van der Waals surface area contributed by atoms with Gasteiger partial charge in [-0.3, -0.25) is 9.59 Å². The van der Waals surface area contributed by atoms with E-state index in [0.717, 1.165) is 36.8 Å². The highest BCUT2D eigenvalue weighted by Crippen LogP contribution is 2.29. The molecule has 3 N–H and O–H groups in total. The molecule has 0 bridgehead atoms. The van der Waals surface area contributed by atoms with Crippen LogP contribution in [0, 0.1) is 6.92 Å². The number of carbonyl (C=O) groups is 3. The second-order valence-electron chi connectivity index (χ2n) is 12.3. The zero-order valence-electron chi connectivity index (χ0n) is 28.0. The third-order valence-electron chi connectivity index (χ3n) is 8.62. The second kappa shape index (κ2) is 16.3. The molecule has 49 heavy (non-hydrogen) atoms. The van der Waals surface area contributed by atoms with Crippen molar-refractivity contribution in [3.63, 3.8) is 0 Å². The Bertz CT molecular complexity index is 1800. The number of carbonyl (C=O) groups excluding carboxylic acids is 3. The van der Waals surface area contributed by atoms with Crippen molar-refractivity contribution in [2.24, 2.45) is 0 Å². The fraction of sp³-hybridized carbons (Fsp3) is 0.351. The number of halogens is 2. The first kappa shape index (κ1) is 35.9. The third-order valence-corrected chi connectivity index (χ3v) is 9.05. The molecule has 0 radical (unpaired) electrons. The van der Waals surface area contributed by atoms with Crippen LogP contribution in [0.3, 0.4) is 0 Å². The molecule has 258 valence electrons. The van der Waals surface area contributed by atoms with E-state index in [1.807, 2.05) is 36.1 Å². The summed E-state index contributed by atoms with van der Waals surface area (Å²) < 4.78 is 1.60. The molecule has 0 saturated heterocycles. The SMILES string of the molecule is CCCCN(CCCC)C(=O)c1cc(C)n(-c2ccc(NC(=O)Nc3cc(Cl)cc(Cl)c3)cc2C(=O)N2Cc3ccccc3CC2CO)n1. The average molecular weight is 706 g/mol. The number of hydrogen-bond acceptors (Lipinski definition) is 5. The zero-order chi connectivity index (χ0) is 35.1. The zero-order valence-corrected chi connectivity index (χ0v) is 29.5. The highest BCUT2D eigenvalue weighted by atomic mass is 35.5. The lowest BCUT2D eigenvalue weighted by Crippen LogP contribution is -2.46. The molecule has 1 atom stereocenters. The summed E-state index contributed by atoms with van der Waals surface area (Å²) in [6.07, 6.45) is 4.23. The summed E-state index contributed by atoms with van der Waals surface area (Å²) in [5.41, 5.74) is 4.49. The molecule has 1 unspecified atom stereocenters. The number of fused-ring (bicyclic) bond motifs is 1. The number of benzene rings is 3. The van der Waals surface area contributed by atoms with Gasteiger partial charge in [0.1, 0.15) is 0 Å². The normalized spacial score (nSPS) is 13.9. The van der Waals surface area contributed by atoms with Gasteiger partial charge in [-0.2, -0.15) is 5.10 Å². The first-order valence-electron chi connectivity index (χ1n) is 16.6. The van der Waals surface area contributed by atoms with Crippen LogP contribution in [0.4, 0.5) is 16.2 Å². The standard InChI is InChI=1S/C37H42Cl2N6O4/c1-4-6-14-43(15-7-5-2)36(48)33-16-24(3)45(42-33)34-13-12-29(40-37(49)41-30-19-27(38)18-28(39)20-30)21-32(34)35(47)44-22-26-11-9-8-10-25(26)17-31(44)23-46/h8-13,16,18-21,31,46H,4-7,14-15,17,22-23H2,1-3H3,(H2,40,41,49). The van der Waals surface area contributed by atoms with Crippen molar-refractivity contribution in [3.8, 4) is 5.69 Å². The quantitative estimate of drug-likeness (QED) is 0.139. The summed E-state index contributed by atoms with van der Waals surface area (Å²) in [4.78, 5) is 44.7. The minimum Gasteiger partial charge on any atom is -0.394 e. The predicted octanol–water partition coefficient (Wildman–Crippen LogP) is 7.73. The number of hydrogen-bond donors (Lipinski definition) is 3. The van der Waals surface area contributed by atoms with Gasteiger partial charge >= 0.3 is 6.03 Å². The van der Waals surface area contributed by atoms with Crippen LogP contribution in [0.5, 0.6) is 0 Å². The van der Waals surface area contributed by atoms with E-state index in [9.17, 15) is 19.5 Å². The Hall–Kier alpha value is -4.38. The van der Waals surface area contributed by atoms with Crippen LogP contribution in [0.1, 0.15) is 77.2 Å². The van der Waals surface area contributed by atoms with E-state index >= 15 is 0 Å². The van der Waals surface area contributed by atoms with Gasteiger partial charge in [-0.25, -0.2) is 9.48 Å². The first-order chi connectivity index (χ1) is 23.6. The molecule has 2 heterocycles. The summed E-state index contributed by atoms with van der Waals surface area (Å²) in [5.74, 6) is -0.495. The van der Waals surface area contributed by atoms with Crippen molar-refractivity contribution in [1.82, 2.24) is 19.6 Å². The molecule has 0 saturated carbocycles. The summed E-state index contributed by atoms with van der Waals surface area (Å²) in [5, 5.41) is 21.3. The Morgan fingerprint density at radius 1 is 0.898 bits per heavy atom. The Balaban J connectivity index is 1.51. The number of aliphatic hydroxyl groups excluding tert-OH is 1. The van der Waals surface area contributed by atoms with Gasteiger partial charge < -0.3 is 25.5 Å². The first-order valence-corrected chi connectivity index (χ1v) is 17.4. The van der Waals surface area contributed by atoms with Gasteiger partial charge in [0, 0.05) is 46.7 Å². The van der Waals surface area contributed by atoms with Crippen LogP contribution in [0.25, 0.3) is 5.69 Å². The van der Waals surface area contributed by atoms with Crippen molar-refractivity contribution >= 4 is 52.4 Å². The van der Waals surface area contributed by atoms with Gasteiger partial charge in [-0.15, -0.1) is 0 Å². The number of nitrogens with zero attached hydrogens (tertiary/aromatic N) is 4. The van der Waals surface area contributed by atoms with E-state index in [-0.39, 0.29) is 24.0 Å². The number of amides is 4. The summed E-state index contributed by atoms with van der Waals surface area (Å²) >= 11 is 12.2. The monoisotopic (exact) mass is 704 g/mol. The number of nitrogens with one attached hydrogen (secondary N) is 2. The van der Waals surface area contributed by atoms with Gasteiger partial charge in [0.25, 0.3) is 11.8 Å². The lowest BCUT2D eigenvalue weighted by Gasteiger charge is -2.36. The molecule has 1 aromatic heterocycles. The van der Waals surface area contributed by atoms with Crippen LogP contribution in [0.15, 0.2) is 66.7 Å². The average Bonchev–Trinajstić information content (AvgIpc) is 3.47. The van der Waals surface area contributed by atoms with Gasteiger partial charge in [0.15, 0.2) is 5.69 Å². The molecule has 12 heteroatoms. The molecule has 4 aromatic rings. The molecular formula is C37H42Cl2N6O4. The highest BCUT2D eigenvalue weighted by molar-refractivity contribution is 6.35. The number of aliphatic hydroxyl groups is 1. The minimum absolute atomic E-state index is 0.152. The molecule has 0 fully saturated rings. The molecule has 3 aromatic carbocycles. The fourth-order valence-corrected chi connectivity index (χ4v) is 6.56. The van der Waals surface area contributed by atoms with E-state index < -0.39 is 12.1 Å². The molecule has 1 aliphatic rings. The Kier molecular flexibility index (Phi) is 12.0. The van der Waals surface area contributed by atoms with Crippen LogP contribution < -0.4 is 10.6 Å². The summed E-state index contributed by atoms with van der Waals surface area (Å²) in [6, 6.07) is 18.3. The van der Waals surface area contributed by atoms with E-state index in [1.165, 1.54) is 0 Å². The Labute approximate surface area is 297 Å². The third kappa shape index (κ3) is 8.62. The van der Waals surface area contributed by atoms with Gasteiger partial charge in [0.2, 0.25) is 0 Å². The lowest BCUT2D eigenvalue weighted by molar-refractivity contribution is 0.0544. The fourth-order valence-electron chi connectivity index (χ4n) is 6.03. The van der Waals surface area contributed by atoms with E-state index in [0.29, 0.717) is 64.6 Å². The Morgan fingerprint density at radius 3 is 2.20 bits per heavy atom.